The van der Waals surface area contributed by atoms with Gasteiger partial charge in [-0.05, 0) is 49.6 Å². The third-order valence-electron chi connectivity index (χ3n) is 4.46. The van der Waals surface area contributed by atoms with E-state index in [1.54, 1.807) is 43.5 Å². The van der Waals surface area contributed by atoms with Crippen LogP contribution in [-0.4, -0.2) is 43.5 Å². The van der Waals surface area contributed by atoms with Crippen molar-refractivity contribution in [1.29, 1.82) is 0 Å². The highest BCUT2D eigenvalue weighted by molar-refractivity contribution is 5.97. The van der Waals surface area contributed by atoms with Crippen molar-refractivity contribution in [2.45, 2.75) is 19.3 Å². The van der Waals surface area contributed by atoms with Gasteiger partial charge >= 0.3 is 0 Å². The van der Waals surface area contributed by atoms with Gasteiger partial charge in [0.1, 0.15) is 0 Å². The van der Waals surface area contributed by atoms with Crippen molar-refractivity contribution >= 4 is 17.5 Å². The summed E-state index contributed by atoms with van der Waals surface area (Å²) in [5, 5.41) is 2.77. The van der Waals surface area contributed by atoms with Crippen LogP contribution in [0.4, 0.5) is 5.69 Å². The van der Waals surface area contributed by atoms with Crippen molar-refractivity contribution < 1.29 is 19.1 Å². The summed E-state index contributed by atoms with van der Waals surface area (Å²) in [6, 6.07) is 14.2. The lowest BCUT2D eigenvalue weighted by Crippen LogP contribution is -2.35. The van der Waals surface area contributed by atoms with Crippen molar-refractivity contribution in [2.75, 3.05) is 32.1 Å². The molecule has 6 heteroatoms. The van der Waals surface area contributed by atoms with Gasteiger partial charge < -0.3 is 19.7 Å². The lowest BCUT2D eigenvalue weighted by molar-refractivity contribution is -0.118. The number of rotatable bonds is 6. The minimum Gasteiger partial charge on any atom is -0.493 e. The summed E-state index contributed by atoms with van der Waals surface area (Å²) in [7, 11) is 1.55. The van der Waals surface area contributed by atoms with Crippen LogP contribution in [-0.2, 0) is 4.79 Å². The Morgan fingerprint density at radius 3 is 2.48 bits per heavy atom. The third kappa shape index (κ3) is 5.00. The van der Waals surface area contributed by atoms with E-state index in [-0.39, 0.29) is 18.4 Å². The van der Waals surface area contributed by atoms with E-state index in [4.69, 9.17) is 9.47 Å². The van der Waals surface area contributed by atoms with Crippen LogP contribution in [0.5, 0.6) is 11.5 Å². The molecule has 0 atom stereocenters. The van der Waals surface area contributed by atoms with E-state index in [2.05, 4.69) is 5.32 Å². The number of carbonyl (C=O) groups is 2. The van der Waals surface area contributed by atoms with Gasteiger partial charge in [0.2, 0.25) is 0 Å². The summed E-state index contributed by atoms with van der Waals surface area (Å²) in [5.74, 6) is 0.781. The van der Waals surface area contributed by atoms with Crippen LogP contribution in [0.1, 0.15) is 29.6 Å². The van der Waals surface area contributed by atoms with Crippen LogP contribution in [0.15, 0.2) is 48.5 Å². The second-order valence-corrected chi connectivity index (χ2v) is 6.42. The number of carbonyl (C=O) groups excluding carboxylic acids is 2. The monoisotopic (exact) mass is 368 g/mol. The molecule has 0 saturated carbocycles. The number of benzene rings is 2. The molecule has 1 N–H and O–H groups in total. The molecule has 1 fully saturated rings. The number of amides is 2. The van der Waals surface area contributed by atoms with E-state index < -0.39 is 0 Å². The molecule has 0 bridgehead atoms. The second-order valence-electron chi connectivity index (χ2n) is 6.42. The number of hydrogen-bond acceptors (Lipinski definition) is 4. The fourth-order valence-corrected chi connectivity index (χ4v) is 3.09. The van der Waals surface area contributed by atoms with Crippen molar-refractivity contribution in [3.63, 3.8) is 0 Å². The molecule has 1 saturated heterocycles. The summed E-state index contributed by atoms with van der Waals surface area (Å²) >= 11 is 0. The number of likely N-dealkylation sites (tertiary alicyclic amines) is 1. The van der Waals surface area contributed by atoms with Crippen LogP contribution < -0.4 is 14.8 Å². The normalized spacial score (nSPS) is 13.7. The molecule has 6 nitrogen and oxygen atoms in total. The van der Waals surface area contributed by atoms with Gasteiger partial charge in [-0.1, -0.05) is 18.2 Å². The quantitative estimate of drug-likeness (QED) is 0.849. The minimum atomic E-state index is -0.302. The predicted octanol–water partition coefficient (Wildman–Crippen LogP) is 3.34. The van der Waals surface area contributed by atoms with Gasteiger partial charge in [0.15, 0.2) is 18.1 Å². The first-order valence-corrected chi connectivity index (χ1v) is 9.12. The van der Waals surface area contributed by atoms with Crippen LogP contribution in [0.2, 0.25) is 0 Å². The highest BCUT2D eigenvalue weighted by Crippen LogP contribution is 2.25. The average molecular weight is 368 g/mol. The summed E-state index contributed by atoms with van der Waals surface area (Å²) in [4.78, 5) is 26.7. The number of methoxy groups -OCH3 is 1. The fraction of sp³-hybridized carbons (Fsp3) is 0.333. The molecular weight excluding hydrogens is 344 g/mol. The molecule has 2 aromatic carbocycles. The van der Waals surface area contributed by atoms with E-state index in [1.807, 2.05) is 17.0 Å². The van der Waals surface area contributed by atoms with E-state index >= 15 is 0 Å². The molecule has 27 heavy (non-hydrogen) atoms. The molecule has 1 aliphatic rings. The van der Waals surface area contributed by atoms with Crippen molar-refractivity contribution in [3.8, 4) is 11.5 Å². The van der Waals surface area contributed by atoms with Gasteiger partial charge in [-0.2, -0.15) is 0 Å². The number of piperidine rings is 1. The molecule has 0 unspecified atom stereocenters. The molecule has 2 aromatic rings. The number of nitrogens with one attached hydrogen (secondary N) is 1. The molecule has 0 radical (unpaired) electrons. The SMILES string of the molecule is COc1ccccc1OCC(=O)Nc1cccc(C(=O)N2CCCCC2)c1. The van der Waals surface area contributed by atoms with Crippen LogP contribution in [0, 0.1) is 0 Å². The van der Waals surface area contributed by atoms with Gasteiger partial charge in [-0.15, -0.1) is 0 Å². The van der Waals surface area contributed by atoms with Gasteiger partial charge in [0.25, 0.3) is 11.8 Å². The van der Waals surface area contributed by atoms with E-state index in [0.717, 1.165) is 25.9 Å². The highest BCUT2D eigenvalue weighted by atomic mass is 16.5. The largest absolute Gasteiger partial charge is 0.493 e. The Bertz CT molecular complexity index is 800. The Hall–Kier alpha value is -3.02. The number of anilines is 1. The van der Waals surface area contributed by atoms with E-state index in [9.17, 15) is 9.59 Å². The second kappa shape index (κ2) is 9.07. The summed E-state index contributed by atoms with van der Waals surface area (Å²) < 4.78 is 10.7. The maximum Gasteiger partial charge on any atom is 0.262 e. The Morgan fingerprint density at radius 1 is 1.00 bits per heavy atom. The zero-order valence-corrected chi connectivity index (χ0v) is 15.4. The molecule has 1 aliphatic heterocycles. The average Bonchev–Trinajstić information content (AvgIpc) is 2.72. The zero-order valence-electron chi connectivity index (χ0n) is 15.4. The summed E-state index contributed by atoms with van der Waals surface area (Å²) in [5.41, 5.74) is 1.16. The predicted molar refractivity (Wildman–Crippen MR) is 103 cm³/mol. The van der Waals surface area contributed by atoms with Gasteiger partial charge in [0.05, 0.1) is 7.11 Å². The topological polar surface area (TPSA) is 67.9 Å². The molecule has 142 valence electrons. The number of para-hydroxylation sites is 2. The molecule has 0 aliphatic carbocycles. The van der Waals surface area contributed by atoms with Crippen LogP contribution in [0.3, 0.4) is 0 Å². The zero-order chi connectivity index (χ0) is 19.1. The number of hydrogen-bond donors (Lipinski definition) is 1. The number of ether oxygens (including phenoxy) is 2. The Balaban J connectivity index is 1.58. The van der Waals surface area contributed by atoms with Gasteiger partial charge in [-0.25, -0.2) is 0 Å². The fourth-order valence-electron chi connectivity index (χ4n) is 3.09. The lowest BCUT2D eigenvalue weighted by Gasteiger charge is -2.26. The summed E-state index contributed by atoms with van der Waals surface area (Å²) in [6.07, 6.45) is 3.26. The Kier molecular flexibility index (Phi) is 6.30. The van der Waals surface area contributed by atoms with Crippen molar-refractivity contribution in [1.82, 2.24) is 4.90 Å². The standard InChI is InChI=1S/C21H24N2O4/c1-26-18-10-3-4-11-19(18)27-15-20(24)22-17-9-7-8-16(14-17)21(25)23-12-5-2-6-13-23/h3-4,7-11,14H,2,5-6,12-13,15H2,1H3,(H,22,24). The molecular formula is C21H24N2O4. The van der Waals surface area contributed by atoms with Gasteiger partial charge in [-0.3, -0.25) is 9.59 Å². The van der Waals surface area contributed by atoms with Gasteiger partial charge in [0, 0.05) is 24.3 Å². The first-order chi connectivity index (χ1) is 13.2. The van der Waals surface area contributed by atoms with Crippen molar-refractivity contribution in [2.24, 2.45) is 0 Å². The number of nitrogens with zero attached hydrogens (tertiary/aromatic N) is 1. The lowest BCUT2D eigenvalue weighted by atomic mass is 10.1. The Labute approximate surface area is 159 Å². The molecule has 0 aromatic heterocycles. The smallest absolute Gasteiger partial charge is 0.262 e. The first-order valence-electron chi connectivity index (χ1n) is 9.12. The van der Waals surface area contributed by atoms with E-state index in [1.165, 1.54) is 6.42 Å². The first kappa shape index (κ1) is 18.8. The third-order valence-corrected chi connectivity index (χ3v) is 4.46. The van der Waals surface area contributed by atoms with Crippen LogP contribution >= 0.6 is 0 Å². The van der Waals surface area contributed by atoms with E-state index in [0.29, 0.717) is 22.7 Å². The molecule has 3 rings (SSSR count). The maximum absolute atomic E-state index is 12.6. The summed E-state index contributed by atoms with van der Waals surface area (Å²) in [6.45, 7) is 1.44. The highest BCUT2D eigenvalue weighted by Gasteiger charge is 2.18. The minimum absolute atomic E-state index is 0.0103. The molecule has 1 heterocycles. The molecule has 2 amide bonds. The van der Waals surface area contributed by atoms with Crippen LogP contribution in [0.25, 0.3) is 0 Å². The maximum atomic E-state index is 12.6. The Morgan fingerprint density at radius 2 is 1.74 bits per heavy atom. The van der Waals surface area contributed by atoms with Crippen molar-refractivity contribution in [3.05, 3.63) is 54.1 Å². The molecule has 0 spiro atoms.